The Kier molecular flexibility index (Phi) is 6.85. The largest absolute Gasteiger partial charge is 0.350 e. The van der Waals surface area contributed by atoms with E-state index in [1.165, 1.54) is 0 Å². The molecule has 2 heterocycles. The minimum atomic E-state index is -0.105. The number of carbonyl (C=O) groups excluding carboxylic acids is 2. The molecule has 3 amide bonds. The molecule has 1 aromatic heterocycles. The van der Waals surface area contributed by atoms with Crippen molar-refractivity contribution in [3.8, 4) is 0 Å². The molecule has 174 valence electrons. The number of nitrogens with one attached hydrogen (secondary N) is 2. The van der Waals surface area contributed by atoms with Crippen LogP contribution in [0.3, 0.4) is 0 Å². The number of amides is 3. The van der Waals surface area contributed by atoms with E-state index in [1.54, 1.807) is 24.3 Å². The standard InChI is InChI=1S/C24H29ClN6O2/c1-16(2)26-23(32)17-4-9-21-20(14-17)28-22(29(21)3)15-30-10-12-31(13-11-30)24(33)27-19-7-5-18(25)6-8-19/h4-9,14,16H,10-13,15H2,1-3H3,(H,26,32)(H,27,33). The summed E-state index contributed by atoms with van der Waals surface area (Å²) < 4.78 is 2.07. The summed E-state index contributed by atoms with van der Waals surface area (Å²) in [6, 6.07) is 12.7. The maximum Gasteiger partial charge on any atom is 0.321 e. The number of fused-ring (bicyclic) bond motifs is 1. The monoisotopic (exact) mass is 468 g/mol. The van der Waals surface area contributed by atoms with Gasteiger partial charge in [-0.3, -0.25) is 9.69 Å². The van der Waals surface area contributed by atoms with Crippen LogP contribution in [0.2, 0.25) is 5.02 Å². The number of carbonyl (C=O) groups is 2. The van der Waals surface area contributed by atoms with E-state index in [-0.39, 0.29) is 18.0 Å². The Bertz CT molecular complexity index is 1150. The Hall–Kier alpha value is -3.10. The normalized spacial score (nSPS) is 14.6. The van der Waals surface area contributed by atoms with Crippen molar-refractivity contribution in [2.45, 2.75) is 26.4 Å². The van der Waals surface area contributed by atoms with Crippen LogP contribution in [-0.4, -0.2) is 63.5 Å². The van der Waals surface area contributed by atoms with Crippen LogP contribution in [0.25, 0.3) is 11.0 Å². The van der Waals surface area contributed by atoms with Crippen LogP contribution in [0.4, 0.5) is 10.5 Å². The van der Waals surface area contributed by atoms with Crippen molar-refractivity contribution in [1.29, 1.82) is 0 Å². The van der Waals surface area contributed by atoms with E-state index in [2.05, 4.69) is 20.1 Å². The lowest BCUT2D eigenvalue weighted by Crippen LogP contribution is -2.49. The third-order valence-corrected chi connectivity index (χ3v) is 6.03. The molecule has 4 rings (SSSR count). The molecule has 2 aromatic carbocycles. The summed E-state index contributed by atoms with van der Waals surface area (Å²) in [6.07, 6.45) is 0. The molecule has 33 heavy (non-hydrogen) atoms. The van der Waals surface area contributed by atoms with Gasteiger partial charge in [-0.1, -0.05) is 11.6 Å². The Morgan fingerprint density at radius 1 is 1.06 bits per heavy atom. The molecule has 0 spiro atoms. The van der Waals surface area contributed by atoms with E-state index in [0.717, 1.165) is 35.6 Å². The molecule has 0 unspecified atom stereocenters. The van der Waals surface area contributed by atoms with Gasteiger partial charge in [-0.25, -0.2) is 9.78 Å². The van der Waals surface area contributed by atoms with Gasteiger partial charge in [0, 0.05) is 55.5 Å². The number of hydrogen-bond acceptors (Lipinski definition) is 4. The van der Waals surface area contributed by atoms with Gasteiger partial charge in [-0.05, 0) is 56.3 Å². The highest BCUT2D eigenvalue weighted by Crippen LogP contribution is 2.19. The smallest absolute Gasteiger partial charge is 0.321 e. The number of nitrogens with zero attached hydrogens (tertiary/aromatic N) is 4. The van der Waals surface area contributed by atoms with Gasteiger partial charge in [0.15, 0.2) is 0 Å². The molecule has 0 bridgehead atoms. The third-order valence-electron chi connectivity index (χ3n) is 5.78. The Morgan fingerprint density at radius 3 is 2.42 bits per heavy atom. The van der Waals surface area contributed by atoms with E-state index in [0.29, 0.717) is 30.2 Å². The summed E-state index contributed by atoms with van der Waals surface area (Å²) in [5.41, 5.74) is 3.14. The van der Waals surface area contributed by atoms with Gasteiger partial charge < -0.3 is 20.1 Å². The summed E-state index contributed by atoms with van der Waals surface area (Å²) in [5, 5.41) is 6.47. The predicted molar refractivity (Wildman–Crippen MR) is 131 cm³/mol. The molecule has 1 saturated heterocycles. The molecule has 2 N–H and O–H groups in total. The average Bonchev–Trinajstić information content (AvgIpc) is 3.10. The van der Waals surface area contributed by atoms with Crippen LogP contribution in [0.1, 0.15) is 30.0 Å². The van der Waals surface area contributed by atoms with Crippen molar-refractivity contribution < 1.29 is 9.59 Å². The number of aromatic nitrogens is 2. The number of rotatable bonds is 5. The fourth-order valence-electron chi connectivity index (χ4n) is 3.92. The highest BCUT2D eigenvalue weighted by Gasteiger charge is 2.23. The zero-order chi connectivity index (χ0) is 23.5. The number of piperazine rings is 1. The Balaban J connectivity index is 1.36. The number of hydrogen-bond donors (Lipinski definition) is 2. The second-order valence-corrected chi connectivity index (χ2v) is 9.06. The first-order valence-electron chi connectivity index (χ1n) is 11.1. The zero-order valence-corrected chi connectivity index (χ0v) is 19.9. The number of benzene rings is 2. The lowest BCUT2D eigenvalue weighted by atomic mass is 10.2. The highest BCUT2D eigenvalue weighted by molar-refractivity contribution is 6.30. The molecule has 3 aromatic rings. The summed E-state index contributed by atoms with van der Waals surface area (Å²) in [6.45, 7) is 7.38. The summed E-state index contributed by atoms with van der Waals surface area (Å²) in [4.78, 5) is 33.8. The predicted octanol–water partition coefficient (Wildman–Crippen LogP) is 3.71. The van der Waals surface area contributed by atoms with Crippen LogP contribution in [0.5, 0.6) is 0 Å². The lowest BCUT2D eigenvalue weighted by molar-refractivity contribution is 0.0943. The van der Waals surface area contributed by atoms with Gasteiger partial charge in [-0.15, -0.1) is 0 Å². The van der Waals surface area contributed by atoms with Crippen LogP contribution >= 0.6 is 11.6 Å². The average molecular weight is 469 g/mol. The van der Waals surface area contributed by atoms with Gasteiger partial charge in [-0.2, -0.15) is 0 Å². The zero-order valence-electron chi connectivity index (χ0n) is 19.1. The van der Waals surface area contributed by atoms with E-state index in [4.69, 9.17) is 16.6 Å². The van der Waals surface area contributed by atoms with Crippen LogP contribution in [0, 0.1) is 0 Å². The third kappa shape index (κ3) is 5.46. The minimum absolute atomic E-state index is 0.0828. The maximum absolute atomic E-state index is 12.6. The van der Waals surface area contributed by atoms with Crippen molar-refractivity contribution in [3.05, 3.63) is 58.9 Å². The van der Waals surface area contributed by atoms with Crippen LogP contribution in [0.15, 0.2) is 42.5 Å². The van der Waals surface area contributed by atoms with E-state index in [1.807, 2.05) is 44.0 Å². The van der Waals surface area contributed by atoms with Gasteiger partial charge in [0.2, 0.25) is 0 Å². The van der Waals surface area contributed by atoms with Crippen LogP contribution < -0.4 is 10.6 Å². The number of anilines is 1. The summed E-state index contributed by atoms with van der Waals surface area (Å²) >= 11 is 5.90. The first-order valence-corrected chi connectivity index (χ1v) is 11.5. The maximum atomic E-state index is 12.6. The van der Waals surface area contributed by atoms with E-state index in [9.17, 15) is 9.59 Å². The summed E-state index contributed by atoms with van der Waals surface area (Å²) in [7, 11) is 1.99. The van der Waals surface area contributed by atoms with Crippen LogP contribution in [-0.2, 0) is 13.6 Å². The van der Waals surface area contributed by atoms with Crippen molar-refractivity contribution in [2.24, 2.45) is 7.05 Å². The number of halogens is 1. The molecule has 1 aliphatic heterocycles. The first kappa shape index (κ1) is 23.1. The fourth-order valence-corrected chi connectivity index (χ4v) is 4.05. The quantitative estimate of drug-likeness (QED) is 0.598. The summed E-state index contributed by atoms with van der Waals surface area (Å²) in [5.74, 6) is 0.845. The SMILES string of the molecule is CC(C)NC(=O)c1ccc2c(c1)nc(CN1CCN(C(=O)Nc3ccc(Cl)cc3)CC1)n2C. The van der Waals surface area contributed by atoms with E-state index >= 15 is 0 Å². The van der Waals surface area contributed by atoms with E-state index < -0.39 is 0 Å². The van der Waals surface area contributed by atoms with Gasteiger partial charge in [0.1, 0.15) is 5.82 Å². The molecule has 0 saturated carbocycles. The van der Waals surface area contributed by atoms with Gasteiger partial charge in [0.05, 0.1) is 17.6 Å². The molecular formula is C24H29ClN6O2. The van der Waals surface area contributed by atoms with Crippen molar-refractivity contribution in [3.63, 3.8) is 0 Å². The Morgan fingerprint density at radius 2 is 1.76 bits per heavy atom. The lowest BCUT2D eigenvalue weighted by Gasteiger charge is -2.34. The minimum Gasteiger partial charge on any atom is -0.350 e. The number of imidazole rings is 1. The van der Waals surface area contributed by atoms with Crippen molar-refractivity contribution >= 4 is 40.3 Å². The van der Waals surface area contributed by atoms with Gasteiger partial charge >= 0.3 is 6.03 Å². The fraction of sp³-hybridized carbons (Fsp3) is 0.375. The molecule has 0 atom stereocenters. The molecule has 8 nitrogen and oxygen atoms in total. The highest BCUT2D eigenvalue weighted by atomic mass is 35.5. The first-order chi connectivity index (χ1) is 15.8. The Labute approximate surface area is 198 Å². The molecule has 0 aliphatic carbocycles. The molecule has 1 fully saturated rings. The number of urea groups is 1. The topological polar surface area (TPSA) is 82.5 Å². The second-order valence-electron chi connectivity index (χ2n) is 8.62. The number of aryl methyl sites for hydroxylation is 1. The van der Waals surface area contributed by atoms with Crippen molar-refractivity contribution in [1.82, 2.24) is 24.7 Å². The second kappa shape index (κ2) is 9.80. The molecule has 9 heteroatoms. The molecule has 0 radical (unpaired) electrons. The molecular weight excluding hydrogens is 440 g/mol. The molecule has 1 aliphatic rings. The van der Waals surface area contributed by atoms with Crippen molar-refractivity contribution in [2.75, 3.05) is 31.5 Å². The van der Waals surface area contributed by atoms with Gasteiger partial charge in [0.25, 0.3) is 5.91 Å².